The molecule has 266 valence electrons. The van der Waals surface area contributed by atoms with Gasteiger partial charge >= 0.3 is 0 Å². The molecule has 0 unspecified atom stereocenters. The molecule has 0 saturated heterocycles. The third-order valence-corrected chi connectivity index (χ3v) is 27.2. The molecule has 2 aliphatic heterocycles. The molecular weight excluding hydrogens is 727 g/mol. The molecule has 9 rings (SSSR count). The van der Waals surface area contributed by atoms with Crippen molar-refractivity contribution in [1.82, 2.24) is 15.0 Å². The van der Waals surface area contributed by atoms with Crippen molar-refractivity contribution in [3.63, 3.8) is 0 Å². The zero-order valence-corrected chi connectivity index (χ0v) is 35.4. The van der Waals surface area contributed by atoms with Gasteiger partial charge in [0.1, 0.15) is 31.3 Å². The maximum atomic E-state index is 6.79. The van der Waals surface area contributed by atoms with E-state index in [9.17, 15) is 0 Å². The molecule has 0 bridgehead atoms. The maximum Gasteiger partial charge on any atom is 0.227 e. The quantitative estimate of drug-likeness (QED) is 0.144. The van der Waals surface area contributed by atoms with Gasteiger partial charge in [0.15, 0.2) is 5.82 Å². The van der Waals surface area contributed by atoms with Crippen LogP contribution in [0.4, 0.5) is 0 Å². The molecule has 0 radical (unpaired) electrons. The number of hydrogen-bond acceptors (Lipinski definition) is 5. The standard InChI is InChI=1S/C46H43N3OSSi3/c1-46(2)35-24-18-30-41(43(35)51-37-26-14-16-28-39(37)53(46,5)6)54(32-19-9-7-10-20-32,33-21-11-8-12-22-33)45-48-31-47-44(49-45)34-23-17-29-40-42(34)50-36-25-13-15-27-38(36)52(40,3)4/h7-31H,1-6H3. The summed E-state index contributed by atoms with van der Waals surface area (Å²) in [6.45, 7) is 14.8. The minimum absolute atomic E-state index is 0.0524. The minimum atomic E-state index is -3.22. The molecule has 0 amide bonds. The van der Waals surface area contributed by atoms with E-state index in [0.717, 1.165) is 22.5 Å². The molecule has 6 aromatic carbocycles. The molecule has 3 heterocycles. The smallest absolute Gasteiger partial charge is 0.227 e. The zero-order chi connectivity index (χ0) is 37.3. The molecule has 0 N–H and O–H groups in total. The molecule has 1 aromatic heterocycles. The van der Waals surface area contributed by atoms with Gasteiger partial charge in [-0.1, -0.05) is 179 Å². The Labute approximate surface area is 325 Å². The summed E-state index contributed by atoms with van der Waals surface area (Å²) in [5.41, 5.74) is 3.13. The van der Waals surface area contributed by atoms with E-state index in [4.69, 9.17) is 19.7 Å². The normalized spacial score (nSPS) is 16.1. The molecule has 0 saturated carbocycles. The number of para-hydroxylation sites is 2. The van der Waals surface area contributed by atoms with Gasteiger partial charge < -0.3 is 4.74 Å². The Morgan fingerprint density at radius 3 is 1.94 bits per heavy atom. The average molecular weight is 770 g/mol. The van der Waals surface area contributed by atoms with Gasteiger partial charge in [-0.05, 0) is 59.9 Å². The predicted molar refractivity (Wildman–Crippen MR) is 233 cm³/mol. The second-order valence-electron chi connectivity index (χ2n) is 16.1. The molecule has 0 fully saturated rings. The molecule has 54 heavy (non-hydrogen) atoms. The monoisotopic (exact) mass is 769 g/mol. The fourth-order valence-corrected chi connectivity index (χ4v) is 21.6. The van der Waals surface area contributed by atoms with E-state index in [1.54, 1.807) is 6.33 Å². The van der Waals surface area contributed by atoms with Crippen LogP contribution in [-0.4, -0.2) is 39.2 Å². The van der Waals surface area contributed by atoms with Crippen molar-refractivity contribution in [3.05, 3.63) is 157 Å². The van der Waals surface area contributed by atoms with Crippen LogP contribution in [0.1, 0.15) is 19.4 Å². The summed E-state index contributed by atoms with van der Waals surface area (Å²) in [5.74, 6) is 2.43. The Morgan fingerprint density at radius 2 is 1.22 bits per heavy atom. The summed E-state index contributed by atoms with van der Waals surface area (Å²) < 4.78 is 6.79. The topological polar surface area (TPSA) is 47.9 Å². The van der Waals surface area contributed by atoms with Crippen molar-refractivity contribution in [3.8, 4) is 22.9 Å². The first-order chi connectivity index (χ1) is 26.1. The van der Waals surface area contributed by atoms with Crippen LogP contribution in [0.15, 0.2) is 162 Å². The van der Waals surface area contributed by atoms with Crippen molar-refractivity contribution in [1.29, 1.82) is 0 Å². The van der Waals surface area contributed by atoms with Gasteiger partial charge in [-0.15, -0.1) is 0 Å². The maximum absolute atomic E-state index is 6.79. The van der Waals surface area contributed by atoms with Gasteiger partial charge in [0.2, 0.25) is 8.07 Å². The van der Waals surface area contributed by atoms with Crippen molar-refractivity contribution in [2.45, 2.75) is 54.9 Å². The van der Waals surface area contributed by atoms with Crippen LogP contribution in [0.3, 0.4) is 0 Å². The second-order valence-corrected chi connectivity index (χ2v) is 30.1. The molecule has 0 aliphatic carbocycles. The number of hydrogen-bond donors (Lipinski definition) is 0. The Morgan fingerprint density at radius 1 is 0.611 bits per heavy atom. The van der Waals surface area contributed by atoms with Crippen molar-refractivity contribution in [2.75, 3.05) is 0 Å². The van der Waals surface area contributed by atoms with E-state index >= 15 is 0 Å². The lowest BCUT2D eigenvalue weighted by molar-refractivity contribution is 0.488. The van der Waals surface area contributed by atoms with Gasteiger partial charge in [-0.25, -0.2) is 15.0 Å². The summed E-state index contributed by atoms with van der Waals surface area (Å²) in [6, 6.07) is 53.2. The Bertz CT molecular complexity index is 2520. The van der Waals surface area contributed by atoms with Crippen molar-refractivity contribution in [2.24, 2.45) is 0 Å². The second kappa shape index (κ2) is 12.9. The largest absolute Gasteiger partial charge is 0.457 e. The molecule has 0 atom stereocenters. The van der Waals surface area contributed by atoms with Gasteiger partial charge in [-0.2, -0.15) is 0 Å². The highest BCUT2D eigenvalue weighted by molar-refractivity contribution is 8.00. The predicted octanol–water partition coefficient (Wildman–Crippen LogP) is 6.74. The minimum Gasteiger partial charge on any atom is -0.457 e. The summed E-state index contributed by atoms with van der Waals surface area (Å²) in [5, 5.41) is 7.81. The Kier molecular flexibility index (Phi) is 8.31. The summed E-state index contributed by atoms with van der Waals surface area (Å²) in [4.78, 5) is 18.5. The highest BCUT2D eigenvalue weighted by Crippen LogP contribution is 2.45. The van der Waals surface area contributed by atoms with E-state index in [1.807, 2.05) is 11.8 Å². The van der Waals surface area contributed by atoms with Gasteiger partial charge in [0.05, 0.1) is 13.6 Å². The third kappa shape index (κ3) is 5.11. The van der Waals surface area contributed by atoms with Crippen LogP contribution >= 0.6 is 11.8 Å². The fourth-order valence-electron chi connectivity index (χ4n) is 8.77. The summed E-state index contributed by atoms with van der Waals surface area (Å²) >= 11 is 1.94. The van der Waals surface area contributed by atoms with Crippen LogP contribution in [0, 0.1) is 0 Å². The highest BCUT2D eigenvalue weighted by Gasteiger charge is 2.51. The molecule has 8 heteroatoms. The van der Waals surface area contributed by atoms with E-state index in [-0.39, 0.29) is 5.04 Å². The van der Waals surface area contributed by atoms with Gasteiger partial charge in [0, 0.05) is 9.79 Å². The van der Waals surface area contributed by atoms with Crippen LogP contribution < -0.4 is 41.3 Å². The molecule has 7 aromatic rings. The number of nitrogens with zero attached hydrogens (tertiary/aromatic N) is 3. The SMILES string of the molecule is CC1(C)c2cccc([Si](c3ccccc3)(c3ccccc3)c3ncnc(-c4cccc5c4Oc4ccccc4[Si]5(C)C)n3)c2Sc2ccccc2[Si]1(C)C. The number of rotatable bonds is 5. The van der Waals surface area contributed by atoms with Gasteiger partial charge in [-0.3, -0.25) is 0 Å². The third-order valence-electron chi connectivity index (χ3n) is 12.4. The van der Waals surface area contributed by atoms with Crippen molar-refractivity contribution >= 4 is 72.6 Å². The van der Waals surface area contributed by atoms with Gasteiger partial charge in [0.25, 0.3) is 0 Å². The fraction of sp³-hybridized carbons (Fsp3) is 0.152. The highest BCUT2D eigenvalue weighted by atomic mass is 32.2. The summed E-state index contributed by atoms with van der Waals surface area (Å²) in [7, 11) is -7.31. The Balaban J connectivity index is 1.35. The van der Waals surface area contributed by atoms with Crippen molar-refractivity contribution < 1.29 is 4.74 Å². The molecule has 0 spiro atoms. The lowest BCUT2D eigenvalue weighted by Crippen LogP contribution is -2.76. The van der Waals surface area contributed by atoms with Crippen LogP contribution in [0.5, 0.6) is 11.5 Å². The number of fused-ring (bicyclic) bond motifs is 4. The zero-order valence-electron chi connectivity index (χ0n) is 31.6. The molecule has 2 aliphatic rings. The Hall–Kier alpha value is -4.87. The first-order valence-corrected chi connectivity index (χ1v) is 27.5. The first-order valence-electron chi connectivity index (χ1n) is 18.7. The number of ether oxygens (including phenoxy) is 1. The van der Waals surface area contributed by atoms with E-state index in [2.05, 4.69) is 186 Å². The lowest BCUT2D eigenvalue weighted by atomic mass is 10.0. The van der Waals surface area contributed by atoms with Crippen LogP contribution in [-0.2, 0) is 5.04 Å². The number of aromatic nitrogens is 3. The first kappa shape index (κ1) is 34.9. The van der Waals surface area contributed by atoms with Crippen LogP contribution in [0.25, 0.3) is 11.4 Å². The van der Waals surface area contributed by atoms with E-state index in [0.29, 0.717) is 5.82 Å². The average Bonchev–Trinajstić information content (AvgIpc) is 3.26. The lowest BCUT2D eigenvalue weighted by Gasteiger charge is -2.41. The molecular formula is C46H43N3OSSi3. The van der Waals surface area contributed by atoms with Crippen LogP contribution in [0.2, 0.25) is 26.2 Å². The van der Waals surface area contributed by atoms with E-state index < -0.39 is 24.2 Å². The van der Waals surface area contributed by atoms with E-state index in [1.165, 1.54) is 46.5 Å². The number of benzene rings is 6. The summed E-state index contributed by atoms with van der Waals surface area (Å²) in [6.07, 6.45) is 1.73. The molecule has 4 nitrogen and oxygen atoms in total.